The zero-order valence-corrected chi connectivity index (χ0v) is 13.0. The molecule has 9 heteroatoms. The maximum atomic E-state index is 9.02. The highest BCUT2D eigenvalue weighted by atomic mass is 32.2. The van der Waals surface area contributed by atoms with Gasteiger partial charge in [0.1, 0.15) is 11.1 Å². The number of aromatic nitrogens is 1. The average Bonchev–Trinajstić information content (AvgIpc) is 2.26. The first-order valence-corrected chi connectivity index (χ1v) is 8.23. The summed E-state index contributed by atoms with van der Waals surface area (Å²) in [6, 6.07) is 4.14. The van der Waals surface area contributed by atoms with Gasteiger partial charge in [0.05, 0.1) is 5.56 Å². The molecular weight excluding hydrogens is 301 g/mol. The van der Waals surface area contributed by atoms with Crippen molar-refractivity contribution in [2.75, 3.05) is 12.3 Å². The molecule has 0 atom stereocenters. The van der Waals surface area contributed by atoms with Crippen LogP contribution in [-0.2, 0) is 4.57 Å². The summed E-state index contributed by atoms with van der Waals surface area (Å²) in [5.74, 6) is 0.918. The van der Waals surface area contributed by atoms with Crippen LogP contribution in [0.4, 0.5) is 0 Å². The minimum Gasteiger partial charge on any atom is -0.330 e. The lowest BCUT2D eigenvalue weighted by Crippen LogP contribution is -2.00. The molecule has 7 nitrogen and oxygen atoms in total. The van der Waals surface area contributed by atoms with Crippen LogP contribution in [-0.4, -0.2) is 32.0 Å². The molecule has 0 saturated heterocycles. The number of hydrogen-bond acceptors (Lipinski definition) is 5. The third kappa shape index (κ3) is 9.04. The Morgan fingerprint density at radius 1 is 1.45 bits per heavy atom. The first-order valence-electron chi connectivity index (χ1n) is 5.68. The van der Waals surface area contributed by atoms with E-state index >= 15 is 0 Å². The molecular formula is C11H18N3O4PS. The van der Waals surface area contributed by atoms with E-state index in [1.165, 1.54) is 0 Å². The predicted octanol–water partition coefficient (Wildman–Crippen LogP) is 1.08. The van der Waals surface area contributed by atoms with Crippen LogP contribution in [0.2, 0.25) is 0 Å². The van der Waals surface area contributed by atoms with Gasteiger partial charge in [0.25, 0.3) is 0 Å². The van der Waals surface area contributed by atoms with Gasteiger partial charge in [0.2, 0.25) is 0 Å². The van der Waals surface area contributed by atoms with Crippen molar-refractivity contribution in [1.82, 2.24) is 4.98 Å². The monoisotopic (exact) mass is 319 g/mol. The van der Waals surface area contributed by atoms with Crippen LogP contribution >= 0.6 is 19.6 Å². The summed E-state index contributed by atoms with van der Waals surface area (Å²) in [7, 11) is -4.64. The van der Waals surface area contributed by atoms with Crippen molar-refractivity contribution in [3.8, 4) is 6.07 Å². The van der Waals surface area contributed by atoms with Gasteiger partial charge in [-0.2, -0.15) is 5.26 Å². The Labute approximate surface area is 122 Å². The van der Waals surface area contributed by atoms with E-state index < -0.39 is 7.82 Å². The van der Waals surface area contributed by atoms with E-state index in [9.17, 15) is 0 Å². The van der Waals surface area contributed by atoms with Gasteiger partial charge >= 0.3 is 7.82 Å². The van der Waals surface area contributed by atoms with Crippen LogP contribution in [0.5, 0.6) is 0 Å². The topological polar surface area (TPSA) is 140 Å². The number of thioether (sulfide) groups is 1. The first-order chi connectivity index (χ1) is 9.19. The summed E-state index contributed by atoms with van der Waals surface area (Å²) < 4.78 is 8.88. The minimum atomic E-state index is -4.64. The minimum absolute atomic E-state index is 0.680. The van der Waals surface area contributed by atoms with E-state index in [1.54, 1.807) is 11.8 Å². The summed E-state index contributed by atoms with van der Waals surface area (Å²) in [5, 5.41) is 9.86. The molecule has 1 aromatic rings. The second kappa shape index (κ2) is 9.08. The number of nitrogens with zero attached hydrogens (tertiary/aromatic N) is 2. The van der Waals surface area contributed by atoms with Crippen LogP contribution in [0.15, 0.2) is 11.1 Å². The fourth-order valence-corrected chi connectivity index (χ4v) is 2.36. The highest BCUT2D eigenvalue weighted by Gasteiger charge is 2.08. The average molecular weight is 319 g/mol. The molecule has 0 spiro atoms. The van der Waals surface area contributed by atoms with Crippen LogP contribution in [0.25, 0.3) is 0 Å². The van der Waals surface area contributed by atoms with Crippen molar-refractivity contribution >= 4 is 19.6 Å². The van der Waals surface area contributed by atoms with E-state index in [0.717, 1.165) is 28.5 Å². The highest BCUT2D eigenvalue weighted by molar-refractivity contribution is 7.99. The standard InChI is InChI=1S/C11H15N3S.H3O4P/c1-8-6-9(2)14-11(10(8)7-13)15-5-3-4-12;1-5(2,3)4/h6H,3-5,12H2,1-2H3;(H3,1,2,3,4). The second-order valence-electron chi connectivity index (χ2n) is 3.88. The first kappa shape index (κ1) is 19.1. The third-order valence-electron chi connectivity index (χ3n) is 2.01. The summed E-state index contributed by atoms with van der Waals surface area (Å²) in [5.41, 5.74) is 8.08. The second-order valence-corrected chi connectivity index (χ2v) is 5.99. The van der Waals surface area contributed by atoms with E-state index in [2.05, 4.69) is 11.1 Å². The van der Waals surface area contributed by atoms with Crippen molar-refractivity contribution in [3.05, 3.63) is 22.9 Å². The van der Waals surface area contributed by atoms with E-state index in [4.69, 9.17) is 30.2 Å². The zero-order valence-electron chi connectivity index (χ0n) is 11.3. The normalized spacial score (nSPS) is 10.4. The Kier molecular flexibility index (Phi) is 8.65. The maximum absolute atomic E-state index is 9.02. The summed E-state index contributed by atoms with van der Waals surface area (Å²) in [6.45, 7) is 4.57. The van der Waals surface area contributed by atoms with Crippen LogP contribution < -0.4 is 5.73 Å². The molecule has 0 saturated carbocycles. The van der Waals surface area contributed by atoms with Crippen LogP contribution in [0.1, 0.15) is 23.2 Å². The van der Waals surface area contributed by atoms with Crippen molar-refractivity contribution in [2.45, 2.75) is 25.3 Å². The van der Waals surface area contributed by atoms with Gasteiger partial charge in [0.15, 0.2) is 0 Å². The number of nitrogens with two attached hydrogens (primary N) is 1. The number of aryl methyl sites for hydroxylation is 2. The van der Waals surface area contributed by atoms with Crippen molar-refractivity contribution in [2.24, 2.45) is 5.73 Å². The van der Waals surface area contributed by atoms with Gasteiger partial charge in [-0.05, 0) is 38.4 Å². The smallest absolute Gasteiger partial charge is 0.330 e. The van der Waals surface area contributed by atoms with Gasteiger partial charge in [-0.1, -0.05) is 0 Å². The number of phosphoric acid groups is 1. The van der Waals surface area contributed by atoms with Gasteiger partial charge in [0, 0.05) is 11.4 Å². The lowest BCUT2D eigenvalue weighted by molar-refractivity contribution is 0.275. The molecule has 1 aromatic heterocycles. The highest BCUT2D eigenvalue weighted by Crippen LogP contribution is 2.26. The zero-order chi connectivity index (χ0) is 15.8. The van der Waals surface area contributed by atoms with Crippen molar-refractivity contribution in [1.29, 1.82) is 5.26 Å². The number of rotatable bonds is 4. The number of hydrogen-bond donors (Lipinski definition) is 4. The molecule has 0 aliphatic carbocycles. The molecule has 0 aliphatic rings. The van der Waals surface area contributed by atoms with Gasteiger partial charge < -0.3 is 20.4 Å². The Bertz CT molecular complexity index is 519. The molecule has 0 bridgehead atoms. The quantitative estimate of drug-likeness (QED) is 0.367. The van der Waals surface area contributed by atoms with E-state index in [1.807, 2.05) is 19.9 Å². The molecule has 0 aliphatic heterocycles. The molecule has 0 amide bonds. The van der Waals surface area contributed by atoms with Gasteiger partial charge in [-0.25, -0.2) is 9.55 Å². The van der Waals surface area contributed by atoms with Gasteiger partial charge in [-0.3, -0.25) is 0 Å². The molecule has 0 aromatic carbocycles. The number of pyridine rings is 1. The fourth-order valence-electron chi connectivity index (χ4n) is 1.30. The summed E-state index contributed by atoms with van der Waals surface area (Å²) in [6.07, 6.45) is 0.949. The Balaban J connectivity index is 0.000000621. The lowest BCUT2D eigenvalue weighted by Gasteiger charge is -2.06. The molecule has 0 unspecified atom stereocenters. The molecule has 1 heterocycles. The van der Waals surface area contributed by atoms with E-state index in [0.29, 0.717) is 12.1 Å². The Morgan fingerprint density at radius 2 is 2.00 bits per heavy atom. The molecule has 20 heavy (non-hydrogen) atoms. The molecule has 0 radical (unpaired) electrons. The molecule has 1 rings (SSSR count). The fraction of sp³-hybridized carbons (Fsp3) is 0.455. The van der Waals surface area contributed by atoms with Crippen LogP contribution in [0.3, 0.4) is 0 Å². The predicted molar refractivity (Wildman–Crippen MR) is 77.1 cm³/mol. The number of nitriles is 1. The lowest BCUT2D eigenvalue weighted by atomic mass is 10.1. The van der Waals surface area contributed by atoms with Gasteiger partial charge in [-0.15, -0.1) is 11.8 Å². The van der Waals surface area contributed by atoms with Crippen molar-refractivity contribution in [3.63, 3.8) is 0 Å². The summed E-state index contributed by atoms with van der Waals surface area (Å²) >= 11 is 1.61. The Hall–Kier alpha value is -0.940. The van der Waals surface area contributed by atoms with Crippen LogP contribution in [0, 0.1) is 25.2 Å². The summed E-state index contributed by atoms with van der Waals surface area (Å²) in [4.78, 5) is 25.9. The largest absolute Gasteiger partial charge is 0.466 e. The van der Waals surface area contributed by atoms with Crippen molar-refractivity contribution < 1.29 is 19.2 Å². The Morgan fingerprint density at radius 3 is 2.45 bits per heavy atom. The molecule has 0 fully saturated rings. The SMILES string of the molecule is Cc1cc(C)c(C#N)c(SCCCN)n1.O=P(O)(O)O. The maximum Gasteiger partial charge on any atom is 0.466 e. The van der Waals surface area contributed by atoms with E-state index in [-0.39, 0.29) is 0 Å². The third-order valence-corrected chi connectivity index (χ3v) is 3.07. The molecule has 112 valence electrons. The molecule has 5 N–H and O–H groups in total.